The second kappa shape index (κ2) is 10.9. The van der Waals surface area contributed by atoms with Crippen molar-refractivity contribution >= 4 is 16.8 Å². The molecule has 6 heteroatoms. The van der Waals surface area contributed by atoms with E-state index < -0.39 is 4.65 Å². The van der Waals surface area contributed by atoms with Crippen LogP contribution in [0.1, 0.15) is 54.4 Å². The number of hydrogen-bond donors (Lipinski definition) is 1. The van der Waals surface area contributed by atoms with Crippen LogP contribution in [-0.2, 0) is 11.3 Å². The number of aromatic nitrogens is 1. The van der Waals surface area contributed by atoms with Crippen molar-refractivity contribution in [2.24, 2.45) is 5.92 Å². The molecule has 35 heavy (non-hydrogen) atoms. The number of amides is 1. The van der Waals surface area contributed by atoms with Crippen LogP contribution in [0.5, 0.6) is 0 Å². The normalized spacial score (nSPS) is 18.4. The molecule has 2 aromatic carbocycles. The first kappa shape index (κ1) is 23.9. The summed E-state index contributed by atoms with van der Waals surface area (Å²) in [5, 5.41) is 17.7. The summed E-state index contributed by atoms with van der Waals surface area (Å²) in [6.07, 6.45) is 7.45. The highest BCUT2D eigenvalue weighted by Gasteiger charge is 2.29. The minimum atomic E-state index is -0.401. The average Bonchev–Trinajstić information content (AvgIpc) is 2.89. The lowest BCUT2D eigenvalue weighted by Gasteiger charge is -2.45. The highest BCUT2D eigenvalue weighted by atomic mass is 16.6. The van der Waals surface area contributed by atoms with Crippen LogP contribution in [0.4, 0.5) is 0 Å². The van der Waals surface area contributed by atoms with Gasteiger partial charge in [-0.15, -0.1) is 0 Å². The Kier molecular flexibility index (Phi) is 7.42. The van der Waals surface area contributed by atoms with Gasteiger partial charge in [0.2, 0.25) is 0 Å². The minimum Gasteiger partial charge on any atom is -0.632 e. The summed E-state index contributed by atoms with van der Waals surface area (Å²) in [5.74, 6) is 0.591. The molecule has 0 bridgehead atoms. The SMILES string of the molecule is O=C(NCCC1CCCCC1)c1c(C[N+]2([O-])CCOCC2)c(-c2ccccc2)nc2ccccc12. The largest absolute Gasteiger partial charge is 0.632 e. The fourth-order valence-corrected chi connectivity index (χ4v) is 5.58. The lowest BCUT2D eigenvalue weighted by molar-refractivity contribution is -0.901. The highest BCUT2D eigenvalue weighted by Crippen LogP contribution is 2.33. The summed E-state index contributed by atoms with van der Waals surface area (Å²) in [6.45, 7) is 2.50. The zero-order valence-electron chi connectivity index (χ0n) is 20.4. The third kappa shape index (κ3) is 5.56. The molecular weight excluding hydrogens is 438 g/mol. The van der Waals surface area contributed by atoms with Gasteiger partial charge in [-0.05, 0) is 18.4 Å². The molecule has 1 aliphatic heterocycles. The lowest BCUT2D eigenvalue weighted by Crippen LogP contribution is -2.50. The molecular formula is C29H35N3O3. The Balaban J connectivity index is 1.54. The number of ether oxygens (including phenoxy) is 1. The fourth-order valence-electron chi connectivity index (χ4n) is 5.58. The maximum absolute atomic E-state index is 13.8. The molecule has 3 aromatic rings. The van der Waals surface area contributed by atoms with E-state index >= 15 is 0 Å². The number of rotatable bonds is 7. The van der Waals surface area contributed by atoms with Crippen molar-refractivity contribution in [2.75, 3.05) is 32.8 Å². The molecule has 184 valence electrons. The molecule has 1 N–H and O–H groups in total. The van der Waals surface area contributed by atoms with E-state index in [1.807, 2.05) is 54.6 Å². The van der Waals surface area contributed by atoms with Crippen molar-refractivity contribution < 1.29 is 14.2 Å². The third-order valence-corrected chi connectivity index (χ3v) is 7.56. The molecule has 6 nitrogen and oxygen atoms in total. The Morgan fingerprint density at radius 3 is 2.49 bits per heavy atom. The second-order valence-corrected chi connectivity index (χ2v) is 10.0. The van der Waals surface area contributed by atoms with Gasteiger partial charge in [-0.2, -0.15) is 0 Å². The van der Waals surface area contributed by atoms with Crippen molar-refractivity contribution in [3.05, 3.63) is 70.9 Å². The molecule has 0 atom stereocenters. The molecule has 0 unspecified atom stereocenters. The quantitative estimate of drug-likeness (QED) is 0.366. The van der Waals surface area contributed by atoms with Crippen molar-refractivity contribution in [1.82, 2.24) is 10.3 Å². The van der Waals surface area contributed by atoms with Crippen molar-refractivity contribution in [3.63, 3.8) is 0 Å². The number of carbonyl (C=O) groups is 1. The molecule has 2 aliphatic rings. The van der Waals surface area contributed by atoms with E-state index in [0.29, 0.717) is 44.3 Å². The number of quaternary nitrogens is 1. The van der Waals surface area contributed by atoms with Crippen LogP contribution in [0.25, 0.3) is 22.2 Å². The Morgan fingerprint density at radius 2 is 1.71 bits per heavy atom. The van der Waals surface area contributed by atoms with Crippen molar-refractivity contribution in [3.8, 4) is 11.3 Å². The van der Waals surface area contributed by atoms with Gasteiger partial charge in [0, 0.05) is 23.1 Å². The number of nitrogens with zero attached hydrogens (tertiary/aromatic N) is 2. The summed E-state index contributed by atoms with van der Waals surface area (Å²) in [6, 6.07) is 17.7. The minimum absolute atomic E-state index is 0.105. The fraction of sp³-hybridized carbons (Fsp3) is 0.448. The number of para-hydroxylation sites is 1. The van der Waals surface area contributed by atoms with E-state index in [0.717, 1.165) is 34.1 Å². The van der Waals surface area contributed by atoms with Crippen LogP contribution >= 0.6 is 0 Å². The Morgan fingerprint density at radius 1 is 1.00 bits per heavy atom. The number of fused-ring (bicyclic) bond motifs is 1. The predicted molar refractivity (Wildman–Crippen MR) is 139 cm³/mol. The van der Waals surface area contributed by atoms with Gasteiger partial charge in [-0.1, -0.05) is 80.6 Å². The maximum Gasteiger partial charge on any atom is 0.252 e. The first-order valence-electron chi connectivity index (χ1n) is 13.0. The van der Waals surface area contributed by atoms with Gasteiger partial charge < -0.3 is 19.9 Å². The number of hydroxylamine groups is 3. The van der Waals surface area contributed by atoms with E-state index in [1.165, 1.54) is 32.1 Å². The Hall–Kier alpha value is -2.80. The van der Waals surface area contributed by atoms with E-state index in [-0.39, 0.29) is 12.5 Å². The number of pyridine rings is 1. The van der Waals surface area contributed by atoms with Crippen LogP contribution in [0.3, 0.4) is 0 Å². The number of morpholine rings is 1. The van der Waals surface area contributed by atoms with Crippen LogP contribution in [0, 0.1) is 11.1 Å². The number of carbonyl (C=O) groups excluding carboxylic acids is 1. The van der Waals surface area contributed by atoms with E-state index in [1.54, 1.807) is 0 Å². The maximum atomic E-state index is 13.8. The molecule has 0 spiro atoms. The van der Waals surface area contributed by atoms with Gasteiger partial charge in [0.1, 0.15) is 19.6 Å². The Bertz CT molecular complexity index is 1150. The highest BCUT2D eigenvalue weighted by molar-refractivity contribution is 6.09. The van der Waals surface area contributed by atoms with Gasteiger partial charge >= 0.3 is 0 Å². The van der Waals surface area contributed by atoms with Gasteiger partial charge in [-0.3, -0.25) is 4.79 Å². The topological polar surface area (TPSA) is 74.3 Å². The van der Waals surface area contributed by atoms with Crippen LogP contribution in [0.2, 0.25) is 0 Å². The average molecular weight is 474 g/mol. The van der Waals surface area contributed by atoms with Crippen molar-refractivity contribution in [1.29, 1.82) is 0 Å². The smallest absolute Gasteiger partial charge is 0.252 e. The first-order chi connectivity index (χ1) is 17.1. The monoisotopic (exact) mass is 473 g/mol. The Labute approximate surface area is 207 Å². The third-order valence-electron chi connectivity index (χ3n) is 7.56. The molecule has 1 saturated carbocycles. The molecule has 0 radical (unpaired) electrons. The zero-order valence-corrected chi connectivity index (χ0v) is 20.4. The summed E-state index contributed by atoms with van der Waals surface area (Å²) in [5.41, 5.74) is 3.75. The molecule has 1 aliphatic carbocycles. The summed E-state index contributed by atoms with van der Waals surface area (Å²) < 4.78 is 5.07. The number of benzene rings is 2. The van der Waals surface area contributed by atoms with Gasteiger partial charge in [0.25, 0.3) is 5.91 Å². The molecule has 1 saturated heterocycles. The van der Waals surface area contributed by atoms with E-state index in [4.69, 9.17) is 9.72 Å². The predicted octanol–water partition coefficient (Wildman–Crippen LogP) is 5.45. The number of hydrogen-bond acceptors (Lipinski definition) is 4. The number of nitrogens with one attached hydrogen (secondary N) is 1. The van der Waals surface area contributed by atoms with Crippen molar-refractivity contribution in [2.45, 2.75) is 45.1 Å². The molecule has 5 rings (SSSR count). The molecule has 2 fully saturated rings. The van der Waals surface area contributed by atoms with Crippen LogP contribution in [-0.4, -0.2) is 48.4 Å². The molecule has 1 amide bonds. The summed E-state index contributed by atoms with van der Waals surface area (Å²) >= 11 is 0. The van der Waals surface area contributed by atoms with Gasteiger partial charge in [0.15, 0.2) is 0 Å². The van der Waals surface area contributed by atoms with Crippen LogP contribution in [0.15, 0.2) is 54.6 Å². The molecule has 2 heterocycles. The second-order valence-electron chi connectivity index (χ2n) is 10.0. The standard InChI is InChI=1S/C29H35N3O3/c33-29(30-16-15-22-9-3-1-4-10-22)27-24-13-7-8-14-26(24)31-28(23-11-5-2-6-12-23)25(27)21-32(34)17-19-35-20-18-32/h2,5-8,11-14,22H,1,3-4,9-10,15-21H2,(H,30,33). The summed E-state index contributed by atoms with van der Waals surface area (Å²) in [4.78, 5) is 18.8. The first-order valence-corrected chi connectivity index (χ1v) is 13.0. The lowest BCUT2D eigenvalue weighted by atomic mass is 9.87. The van der Waals surface area contributed by atoms with Crippen LogP contribution < -0.4 is 5.32 Å². The summed E-state index contributed by atoms with van der Waals surface area (Å²) in [7, 11) is 0. The zero-order chi connectivity index (χ0) is 24.1. The van der Waals surface area contributed by atoms with E-state index in [9.17, 15) is 10.0 Å². The van der Waals surface area contributed by atoms with E-state index in [2.05, 4.69) is 5.32 Å². The van der Waals surface area contributed by atoms with Gasteiger partial charge in [-0.25, -0.2) is 4.98 Å². The van der Waals surface area contributed by atoms with Gasteiger partial charge in [0.05, 0.1) is 30.0 Å². The molecule has 1 aromatic heterocycles.